The fourth-order valence-corrected chi connectivity index (χ4v) is 2.87. The molecule has 0 saturated heterocycles. The van der Waals surface area contributed by atoms with Crippen molar-refractivity contribution in [3.05, 3.63) is 45.4 Å². The second-order valence-corrected chi connectivity index (χ2v) is 6.51. The molecule has 0 fully saturated rings. The summed E-state index contributed by atoms with van der Waals surface area (Å²) in [6.45, 7) is 7.62. The van der Waals surface area contributed by atoms with Crippen LogP contribution in [0, 0.1) is 12.8 Å². The highest BCUT2D eigenvalue weighted by Crippen LogP contribution is 2.22. The van der Waals surface area contributed by atoms with Crippen molar-refractivity contribution in [1.29, 1.82) is 0 Å². The van der Waals surface area contributed by atoms with Crippen LogP contribution >= 0.6 is 11.3 Å². The van der Waals surface area contributed by atoms with Crippen LogP contribution in [0.15, 0.2) is 24.3 Å². The fourth-order valence-electron chi connectivity index (χ4n) is 1.89. The van der Waals surface area contributed by atoms with Gasteiger partial charge in [-0.05, 0) is 30.5 Å². The van der Waals surface area contributed by atoms with Crippen molar-refractivity contribution in [3.63, 3.8) is 0 Å². The maximum atomic E-state index is 5.69. The Labute approximate surface area is 124 Å². The number of thiazole rings is 1. The quantitative estimate of drug-likeness (QED) is 0.885. The topological polar surface area (TPSA) is 48.1 Å². The highest BCUT2D eigenvalue weighted by Gasteiger charge is 2.07. The van der Waals surface area contributed by atoms with E-state index in [1.807, 2.05) is 19.1 Å². The second-order valence-electron chi connectivity index (χ2n) is 5.35. The first-order valence-electron chi connectivity index (χ1n) is 6.95. The van der Waals surface area contributed by atoms with Gasteiger partial charge in [-0.1, -0.05) is 26.0 Å². The number of benzene rings is 1. The Morgan fingerprint density at radius 2 is 1.95 bits per heavy atom. The van der Waals surface area contributed by atoms with Crippen LogP contribution in [-0.2, 0) is 13.0 Å². The lowest BCUT2D eigenvalue weighted by Crippen LogP contribution is -2.04. The molecule has 0 aliphatic carbocycles. The monoisotopic (exact) mass is 290 g/mol. The highest BCUT2D eigenvalue weighted by atomic mass is 32.1. The molecule has 1 aromatic heterocycles. The Bertz CT molecular complexity index is 546. The minimum atomic E-state index is 0.521. The predicted octanol–water partition coefficient (Wildman–Crippen LogP) is 3.54. The van der Waals surface area contributed by atoms with E-state index in [4.69, 9.17) is 10.5 Å². The molecule has 0 radical (unpaired) electrons. The van der Waals surface area contributed by atoms with E-state index in [-0.39, 0.29) is 0 Å². The molecular formula is C16H22N2OS. The van der Waals surface area contributed by atoms with Crippen LogP contribution in [0.25, 0.3) is 0 Å². The molecule has 0 spiro atoms. The van der Waals surface area contributed by atoms with Crippen molar-refractivity contribution in [1.82, 2.24) is 4.98 Å². The Morgan fingerprint density at radius 1 is 1.25 bits per heavy atom. The van der Waals surface area contributed by atoms with Gasteiger partial charge in [-0.3, -0.25) is 0 Å². The summed E-state index contributed by atoms with van der Waals surface area (Å²) in [4.78, 5) is 5.75. The molecule has 0 aliphatic heterocycles. The van der Waals surface area contributed by atoms with E-state index in [1.54, 1.807) is 11.3 Å². The van der Waals surface area contributed by atoms with Crippen molar-refractivity contribution in [2.24, 2.45) is 11.7 Å². The molecule has 20 heavy (non-hydrogen) atoms. The minimum absolute atomic E-state index is 0.521. The minimum Gasteiger partial charge on any atom is -0.493 e. The largest absolute Gasteiger partial charge is 0.493 e. The molecule has 108 valence electrons. The Balaban J connectivity index is 2.01. The van der Waals surface area contributed by atoms with E-state index in [1.165, 1.54) is 10.4 Å². The van der Waals surface area contributed by atoms with Crippen LogP contribution in [0.1, 0.15) is 35.0 Å². The third kappa shape index (κ3) is 4.05. The molecule has 2 rings (SSSR count). The van der Waals surface area contributed by atoms with Gasteiger partial charge in [-0.25, -0.2) is 4.98 Å². The molecule has 4 heteroatoms. The molecule has 0 bridgehead atoms. The molecular weight excluding hydrogens is 268 g/mol. The Hall–Kier alpha value is -1.39. The van der Waals surface area contributed by atoms with Crippen molar-refractivity contribution < 1.29 is 4.74 Å². The van der Waals surface area contributed by atoms with Crippen molar-refractivity contribution in [3.8, 4) is 5.75 Å². The number of rotatable bonds is 6. The lowest BCUT2D eigenvalue weighted by Gasteiger charge is -2.09. The molecule has 0 atom stereocenters. The van der Waals surface area contributed by atoms with Gasteiger partial charge in [0.25, 0.3) is 0 Å². The average Bonchev–Trinajstić information content (AvgIpc) is 2.78. The number of hydrogen-bond acceptors (Lipinski definition) is 4. The van der Waals surface area contributed by atoms with Crippen molar-refractivity contribution in [2.45, 2.75) is 33.7 Å². The number of nitrogens with two attached hydrogens (primary N) is 1. The third-order valence-electron chi connectivity index (χ3n) is 2.98. The van der Waals surface area contributed by atoms with E-state index >= 15 is 0 Å². The maximum Gasteiger partial charge on any atom is 0.119 e. The van der Waals surface area contributed by atoms with E-state index < -0.39 is 0 Å². The summed E-state index contributed by atoms with van der Waals surface area (Å²) in [5, 5.41) is 1.01. The normalized spacial score (nSPS) is 11.1. The third-order valence-corrected chi connectivity index (χ3v) is 4.16. The van der Waals surface area contributed by atoms with Crippen LogP contribution in [0.4, 0.5) is 0 Å². The molecule has 2 N–H and O–H groups in total. The Morgan fingerprint density at radius 3 is 2.50 bits per heavy atom. The summed E-state index contributed by atoms with van der Waals surface area (Å²) < 4.78 is 5.69. The summed E-state index contributed by atoms with van der Waals surface area (Å²) in [6, 6.07) is 8.32. The smallest absolute Gasteiger partial charge is 0.119 e. The maximum absolute atomic E-state index is 5.69. The van der Waals surface area contributed by atoms with Gasteiger partial charge in [0, 0.05) is 17.8 Å². The first kappa shape index (κ1) is 15.0. The van der Waals surface area contributed by atoms with Crippen LogP contribution < -0.4 is 10.5 Å². The summed E-state index contributed by atoms with van der Waals surface area (Å²) in [5.41, 5.74) is 8.00. The van der Waals surface area contributed by atoms with Crippen LogP contribution in [0.3, 0.4) is 0 Å². The van der Waals surface area contributed by atoms with Crippen LogP contribution in [0.5, 0.6) is 5.75 Å². The van der Waals surface area contributed by atoms with Crippen molar-refractivity contribution >= 4 is 11.3 Å². The summed E-state index contributed by atoms with van der Waals surface area (Å²) >= 11 is 1.71. The summed E-state index contributed by atoms with van der Waals surface area (Å²) in [6.07, 6.45) is 0.911. The van der Waals surface area contributed by atoms with E-state index in [0.29, 0.717) is 12.5 Å². The molecule has 1 heterocycles. The average molecular weight is 290 g/mol. The van der Waals surface area contributed by atoms with Gasteiger partial charge in [-0.15, -0.1) is 11.3 Å². The first-order valence-corrected chi connectivity index (χ1v) is 7.77. The lowest BCUT2D eigenvalue weighted by atomic mass is 10.1. The molecule has 0 aliphatic rings. The van der Waals surface area contributed by atoms with Gasteiger partial charge in [0.05, 0.1) is 12.3 Å². The Kier molecular flexibility index (Phi) is 5.15. The molecule has 0 saturated carbocycles. The van der Waals surface area contributed by atoms with Crippen LogP contribution in [0.2, 0.25) is 0 Å². The van der Waals surface area contributed by atoms with Gasteiger partial charge >= 0.3 is 0 Å². The summed E-state index contributed by atoms with van der Waals surface area (Å²) in [7, 11) is 0. The highest BCUT2D eigenvalue weighted by molar-refractivity contribution is 7.11. The number of hydrogen-bond donors (Lipinski definition) is 1. The molecule has 3 nitrogen and oxygen atoms in total. The number of nitrogens with zero attached hydrogens (tertiary/aromatic N) is 1. The number of aryl methyl sites for hydroxylation is 1. The summed E-state index contributed by atoms with van der Waals surface area (Å²) in [5.74, 6) is 1.48. The van der Waals surface area contributed by atoms with Gasteiger partial charge in [0.15, 0.2) is 0 Å². The predicted molar refractivity (Wildman–Crippen MR) is 84.3 cm³/mol. The van der Waals surface area contributed by atoms with E-state index in [9.17, 15) is 0 Å². The van der Waals surface area contributed by atoms with Gasteiger partial charge in [-0.2, -0.15) is 0 Å². The van der Waals surface area contributed by atoms with E-state index in [0.717, 1.165) is 29.5 Å². The molecule has 2 aromatic rings. The van der Waals surface area contributed by atoms with Gasteiger partial charge < -0.3 is 10.5 Å². The van der Waals surface area contributed by atoms with E-state index in [2.05, 4.69) is 31.0 Å². The molecule has 0 unspecified atom stereocenters. The zero-order chi connectivity index (χ0) is 14.5. The second kappa shape index (κ2) is 6.86. The lowest BCUT2D eigenvalue weighted by molar-refractivity contribution is 0.271. The SMILES string of the molecule is Cc1nc(CN)sc1Cc1ccc(OCC(C)C)cc1. The van der Waals surface area contributed by atoms with Gasteiger partial charge in [0.2, 0.25) is 0 Å². The number of aromatic nitrogens is 1. The zero-order valence-electron chi connectivity index (χ0n) is 12.3. The molecule has 1 aromatic carbocycles. The fraction of sp³-hybridized carbons (Fsp3) is 0.438. The molecule has 0 amide bonds. The first-order chi connectivity index (χ1) is 9.58. The van der Waals surface area contributed by atoms with Gasteiger partial charge in [0.1, 0.15) is 10.8 Å². The number of ether oxygens (including phenoxy) is 1. The standard InChI is InChI=1S/C16H22N2OS/c1-11(2)10-19-14-6-4-13(5-7-14)8-15-12(3)18-16(9-17)20-15/h4-7,11H,8-10,17H2,1-3H3. The zero-order valence-corrected chi connectivity index (χ0v) is 13.2. The van der Waals surface area contributed by atoms with Crippen LogP contribution in [-0.4, -0.2) is 11.6 Å². The van der Waals surface area contributed by atoms with Crippen molar-refractivity contribution in [2.75, 3.05) is 6.61 Å².